The van der Waals surface area contributed by atoms with Crippen molar-refractivity contribution in [3.63, 3.8) is 0 Å². The smallest absolute Gasteiger partial charge is 0.238 e. The summed E-state index contributed by atoms with van der Waals surface area (Å²) in [7, 11) is -1.54. The number of ether oxygens (including phenoxy) is 1. The van der Waals surface area contributed by atoms with Gasteiger partial charge in [-0.1, -0.05) is 18.2 Å². The van der Waals surface area contributed by atoms with Crippen LogP contribution in [-0.2, 0) is 14.6 Å². The molecule has 1 aliphatic rings. The van der Waals surface area contributed by atoms with Crippen LogP contribution in [0.25, 0.3) is 0 Å². The van der Waals surface area contributed by atoms with Crippen molar-refractivity contribution in [2.24, 2.45) is 0 Å². The zero-order valence-corrected chi connectivity index (χ0v) is 12.3. The normalized spacial score (nSPS) is 19.4. The molecule has 0 bridgehead atoms. The zero-order valence-electron chi connectivity index (χ0n) is 11.5. The molecule has 1 aromatic carbocycles. The van der Waals surface area contributed by atoms with Crippen molar-refractivity contribution >= 4 is 15.7 Å². The molecule has 1 atom stereocenters. The zero-order chi connectivity index (χ0) is 14.8. The Labute approximate surface area is 118 Å². The number of sulfone groups is 1. The third-order valence-corrected chi connectivity index (χ3v) is 4.14. The van der Waals surface area contributed by atoms with E-state index in [4.69, 9.17) is 4.74 Å². The molecule has 1 aromatic rings. The number of nitrogens with zero attached hydrogens (tertiary/aromatic N) is 1. The summed E-state index contributed by atoms with van der Waals surface area (Å²) in [6, 6.07) is 7.38. The highest BCUT2D eigenvalue weighted by Crippen LogP contribution is 2.29. The van der Waals surface area contributed by atoms with Crippen molar-refractivity contribution in [3.8, 4) is 5.75 Å². The summed E-state index contributed by atoms with van der Waals surface area (Å²) in [6.45, 7) is 0.375. The summed E-state index contributed by atoms with van der Waals surface area (Å²) in [5, 5.41) is 3.09. The van der Waals surface area contributed by atoms with Crippen molar-refractivity contribution in [2.45, 2.75) is 6.17 Å². The number of hydrogen-bond donors (Lipinski definition) is 1. The second-order valence-electron chi connectivity index (χ2n) is 4.74. The van der Waals surface area contributed by atoms with E-state index in [9.17, 15) is 13.2 Å². The van der Waals surface area contributed by atoms with Crippen LogP contribution >= 0.6 is 0 Å². The van der Waals surface area contributed by atoms with Gasteiger partial charge in [-0.25, -0.2) is 8.42 Å². The molecule has 110 valence electrons. The van der Waals surface area contributed by atoms with Gasteiger partial charge in [0.15, 0.2) is 0 Å². The fraction of sp³-hybridized carbons (Fsp3) is 0.462. The quantitative estimate of drug-likeness (QED) is 0.838. The summed E-state index contributed by atoms with van der Waals surface area (Å²) < 4.78 is 27.8. The predicted octanol–water partition coefficient (Wildman–Crippen LogP) is 0.170. The van der Waals surface area contributed by atoms with E-state index in [0.717, 1.165) is 5.56 Å². The van der Waals surface area contributed by atoms with Gasteiger partial charge in [-0.2, -0.15) is 0 Å². The molecule has 0 aliphatic carbocycles. The molecule has 2 rings (SSSR count). The summed E-state index contributed by atoms with van der Waals surface area (Å²) in [5.41, 5.74) is 0.828. The summed E-state index contributed by atoms with van der Waals surface area (Å²) in [5.74, 6) is 0.514. The Hall–Kier alpha value is -1.60. The number of para-hydroxylation sites is 1. The van der Waals surface area contributed by atoms with Gasteiger partial charge in [0.2, 0.25) is 5.91 Å². The van der Waals surface area contributed by atoms with Crippen LogP contribution in [-0.4, -0.2) is 51.4 Å². The van der Waals surface area contributed by atoms with Gasteiger partial charge >= 0.3 is 0 Å². The Morgan fingerprint density at radius 1 is 1.40 bits per heavy atom. The topological polar surface area (TPSA) is 75.7 Å². The van der Waals surface area contributed by atoms with Crippen LogP contribution < -0.4 is 10.1 Å². The standard InChI is InChI=1S/C13H18N2O4S/c1-19-11-6-4-3-5-10(11)13-14-9-12(16)15(13)7-8-20(2,17)18/h3-6,13-14H,7-9H2,1-2H3. The number of rotatable bonds is 5. The molecule has 0 radical (unpaired) electrons. The number of nitrogens with one attached hydrogen (secondary N) is 1. The molecule has 1 saturated heterocycles. The Balaban J connectivity index is 2.23. The molecule has 20 heavy (non-hydrogen) atoms. The van der Waals surface area contributed by atoms with Crippen LogP contribution in [0.2, 0.25) is 0 Å². The van der Waals surface area contributed by atoms with Gasteiger partial charge in [0.05, 0.1) is 19.4 Å². The summed E-state index contributed by atoms with van der Waals surface area (Å²) >= 11 is 0. The van der Waals surface area contributed by atoms with Crippen LogP contribution in [0.3, 0.4) is 0 Å². The number of hydrogen-bond acceptors (Lipinski definition) is 5. The first-order valence-corrected chi connectivity index (χ1v) is 8.32. The second kappa shape index (κ2) is 5.80. The Morgan fingerprint density at radius 2 is 2.10 bits per heavy atom. The lowest BCUT2D eigenvalue weighted by Crippen LogP contribution is -2.34. The van der Waals surface area contributed by atoms with E-state index in [1.807, 2.05) is 24.3 Å². The second-order valence-corrected chi connectivity index (χ2v) is 7.00. The maximum absolute atomic E-state index is 11.9. The van der Waals surface area contributed by atoms with Crippen molar-refractivity contribution in [2.75, 3.05) is 32.2 Å². The molecular weight excluding hydrogens is 280 g/mol. The van der Waals surface area contributed by atoms with Crippen molar-refractivity contribution in [1.82, 2.24) is 10.2 Å². The number of carbonyl (C=O) groups is 1. The van der Waals surface area contributed by atoms with Crippen LogP contribution in [0.1, 0.15) is 11.7 Å². The molecule has 1 heterocycles. The van der Waals surface area contributed by atoms with Crippen LogP contribution in [0.4, 0.5) is 0 Å². The van der Waals surface area contributed by atoms with Gasteiger partial charge in [-0.3, -0.25) is 10.1 Å². The van der Waals surface area contributed by atoms with E-state index >= 15 is 0 Å². The lowest BCUT2D eigenvalue weighted by atomic mass is 10.1. The number of amides is 1. The van der Waals surface area contributed by atoms with Gasteiger partial charge in [0.25, 0.3) is 0 Å². The lowest BCUT2D eigenvalue weighted by Gasteiger charge is -2.25. The van der Waals surface area contributed by atoms with E-state index in [1.54, 1.807) is 12.0 Å². The third kappa shape index (κ3) is 3.29. The van der Waals surface area contributed by atoms with Gasteiger partial charge in [-0.15, -0.1) is 0 Å². The molecule has 1 unspecified atom stereocenters. The Bertz CT molecular complexity index is 600. The Kier molecular flexibility index (Phi) is 4.29. The molecule has 0 spiro atoms. The molecule has 0 aromatic heterocycles. The first-order chi connectivity index (χ1) is 9.42. The average molecular weight is 298 g/mol. The monoisotopic (exact) mass is 298 g/mol. The molecule has 0 saturated carbocycles. The maximum atomic E-state index is 11.9. The highest BCUT2D eigenvalue weighted by Gasteiger charge is 2.33. The minimum atomic E-state index is -3.11. The average Bonchev–Trinajstić information content (AvgIpc) is 2.76. The Morgan fingerprint density at radius 3 is 2.75 bits per heavy atom. The fourth-order valence-corrected chi connectivity index (χ4v) is 2.76. The van der Waals surface area contributed by atoms with E-state index in [2.05, 4.69) is 5.32 Å². The molecule has 7 heteroatoms. The largest absolute Gasteiger partial charge is 0.496 e. The summed E-state index contributed by atoms with van der Waals surface area (Å²) in [6.07, 6.45) is 0.819. The van der Waals surface area contributed by atoms with Crippen LogP contribution in [0.15, 0.2) is 24.3 Å². The van der Waals surface area contributed by atoms with Crippen molar-refractivity contribution in [3.05, 3.63) is 29.8 Å². The number of carbonyl (C=O) groups excluding carboxylic acids is 1. The number of methoxy groups -OCH3 is 1. The van der Waals surface area contributed by atoms with Gasteiger partial charge < -0.3 is 9.64 Å². The van der Waals surface area contributed by atoms with E-state index in [-0.39, 0.29) is 30.9 Å². The minimum absolute atomic E-state index is 0.0495. The molecule has 1 N–H and O–H groups in total. The highest BCUT2D eigenvalue weighted by atomic mass is 32.2. The van der Waals surface area contributed by atoms with Crippen molar-refractivity contribution < 1.29 is 17.9 Å². The fourth-order valence-electron chi connectivity index (χ4n) is 2.23. The molecule has 6 nitrogen and oxygen atoms in total. The number of benzene rings is 1. The van der Waals surface area contributed by atoms with E-state index < -0.39 is 9.84 Å². The van der Waals surface area contributed by atoms with Crippen molar-refractivity contribution in [1.29, 1.82) is 0 Å². The van der Waals surface area contributed by atoms with Crippen LogP contribution in [0, 0.1) is 0 Å². The van der Waals surface area contributed by atoms with Gasteiger partial charge in [0.1, 0.15) is 21.8 Å². The van der Waals surface area contributed by atoms with E-state index in [0.29, 0.717) is 5.75 Å². The molecule has 1 amide bonds. The lowest BCUT2D eigenvalue weighted by molar-refractivity contribution is -0.127. The maximum Gasteiger partial charge on any atom is 0.238 e. The van der Waals surface area contributed by atoms with Gasteiger partial charge in [0, 0.05) is 18.4 Å². The van der Waals surface area contributed by atoms with Gasteiger partial charge in [-0.05, 0) is 6.07 Å². The molecule has 1 fully saturated rings. The SMILES string of the molecule is COc1ccccc1C1NCC(=O)N1CCS(C)(=O)=O. The minimum Gasteiger partial charge on any atom is -0.496 e. The predicted molar refractivity (Wildman–Crippen MR) is 75.2 cm³/mol. The first-order valence-electron chi connectivity index (χ1n) is 6.26. The first kappa shape index (κ1) is 14.8. The third-order valence-electron chi connectivity index (χ3n) is 3.22. The molecule has 1 aliphatic heterocycles. The molecular formula is C13H18N2O4S. The summed E-state index contributed by atoms with van der Waals surface area (Å²) in [4.78, 5) is 13.4. The van der Waals surface area contributed by atoms with Crippen LogP contribution in [0.5, 0.6) is 5.75 Å². The highest BCUT2D eigenvalue weighted by molar-refractivity contribution is 7.90. The van der Waals surface area contributed by atoms with E-state index in [1.165, 1.54) is 6.26 Å².